The number of carbonyl (C=O) groups is 1. The van der Waals surface area contributed by atoms with Crippen LogP contribution < -0.4 is 9.80 Å². The SMILES string of the molecule is CCC1(C)COC2(OC1)C(=O)N(C[NH+]1CCOCC1)c1ccccc12. The fourth-order valence-electron chi connectivity index (χ4n) is 3.71. The van der Waals surface area contributed by atoms with Crippen LogP contribution in [0.3, 0.4) is 0 Å². The summed E-state index contributed by atoms with van der Waals surface area (Å²) >= 11 is 0. The number of anilines is 1. The van der Waals surface area contributed by atoms with Crippen LogP contribution in [-0.4, -0.2) is 52.1 Å². The lowest BCUT2D eigenvalue weighted by molar-refractivity contribution is -0.906. The minimum absolute atomic E-state index is 0.0383. The Kier molecular flexibility index (Phi) is 4.32. The van der Waals surface area contributed by atoms with Crippen LogP contribution in [0.4, 0.5) is 5.69 Å². The van der Waals surface area contributed by atoms with Crippen molar-refractivity contribution in [3.05, 3.63) is 29.8 Å². The number of fused-ring (bicyclic) bond motifs is 2. The van der Waals surface area contributed by atoms with E-state index in [9.17, 15) is 4.79 Å². The lowest BCUT2D eigenvalue weighted by Crippen LogP contribution is -3.15. The van der Waals surface area contributed by atoms with Crippen LogP contribution in [0.25, 0.3) is 0 Å². The average Bonchev–Trinajstić information content (AvgIpc) is 2.88. The summed E-state index contributed by atoms with van der Waals surface area (Å²) in [5.74, 6) is -1.36. The molecule has 4 rings (SSSR count). The van der Waals surface area contributed by atoms with E-state index in [4.69, 9.17) is 14.2 Å². The summed E-state index contributed by atoms with van der Waals surface area (Å²) in [6.07, 6.45) is 0.959. The topological polar surface area (TPSA) is 52.4 Å². The summed E-state index contributed by atoms with van der Waals surface area (Å²) < 4.78 is 17.7. The van der Waals surface area contributed by atoms with Gasteiger partial charge in [-0.1, -0.05) is 32.0 Å². The second-order valence-electron chi connectivity index (χ2n) is 7.63. The number of ether oxygens (including phenoxy) is 3. The number of rotatable bonds is 3. The van der Waals surface area contributed by atoms with Crippen molar-refractivity contribution in [2.75, 3.05) is 51.1 Å². The summed E-state index contributed by atoms with van der Waals surface area (Å²) in [6, 6.07) is 7.85. The molecular formula is C19H27N2O4+. The van der Waals surface area contributed by atoms with E-state index in [0.29, 0.717) is 19.9 Å². The van der Waals surface area contributed by atoms with Crippen LogP contribution >= 0.6 is 0 Å². The van der Waals surface area contributed by atoms with Gasteiger partial charge < -0.3 is 19.1 Å². The predicted molar refractivity (Wildman–Crippen MR) is 92.3 cm³/mol. The highest BCUT2D eigenvalue weighted by Crippen LogP contribution is 2.47. The van der Waals surface area contributed by atoms with Gasteiger partial charge in [-0.2, -0.15) is 0 Å². The van der Waals surface area contributed by atoms with E-state index in [2.05, 4.69) is 13.8 Å². The molecule has 1 aromatic carbocycles. The number of benzene rings is 1. The molecule has 136 valence electrons. The normalized spacial score (nSPS) is 33.0. The van der Waals surface area contributed by atoms with Crippen molar-refractivity contribution < 1.29 is 23.9 Å². The molecule has 0 atom stereocenters. The quantitative estimate of drug-likeness (QED) is 0.866. The molecule has 1 aromatic rings. The Bertz CT molecular complexity index is 649. The van der Waals surface area contributed by atoms with Gasteiger partial charge in [0.15, 0.2) is 6.67 Å². The Morgan fingerprint density at radius 2 is 1.84 bits per heavy atom. The molecule has 2 saturated heterocycles. The molecule has 0 bridgehead atoms. The largest absolute Gasteiger partial charge is 0.370 e. The van der Waals surface area contributed by atoms with Gasteiger partial charge in [0.1, 0.15) is 13.1 Å². The minimum Gasteiger partial charge on any atom is -0.370 e. The van der Waals surface area contributed by atoms with Crippen LogP contribution in [0.5, 0.6) is 0 Å². The minimum atomic E-state index is -1.27. The second kappa shape index (κ2) is 6.36. The summed E-state index contributed by atoms with van der Waals surface area (Å²) in [6.45, 7) is 9.26. The zero-order valence-electron chi connectivity index (χ0n) is 15.0. The first-order valence-corrected chi connectivity index (χ1v) is 9.19. The molecule has 1 amide bonds. The van der Waals surface area contributed by atoms with Crippen molar-refractivity contribution in [2.24, 2.45) is 5.41 Å². The van der Waals surface area contributed by atoms with Crippen LogP contribution in [0, 0.1) is 5.41 Å². The Hall–Kier alpha value is -1.47. The molecule has 0 radical (unpaired) electrons. The van der Waals surface area contributed by atoms with Gasteiger partial charge in [0, 0.05) is 11.0 Å². The first-order chi connectivity index (χ1) is 12.1. The second-order valence-corrected chi connectivity index (χ2v) is 7.63. The van der Waals surface area contributed by atoms with Gasteiger partial charge in [0.05, 0.1) is 32.1 Å². The molecule has 6 heteroatoms. The molecular weight excluding hydrogens is 320 g/mol. The summed E-state index contributed by atoms with van der Waals surface area (Å²) in [7, 11) is 0. The van der Waals surface area contributed by atoms with Gasteiger partial charge in [-0.05, 0) is 12.5 Å². The van der Waals surface area contributed by atoms with Gasteiger partial charge in [0.2, 0.25) is 0 Å². The Morgan fingerprint density at radius 1 is 1.16 bits per heavy atom. The number of nitrogens with zero attached hydrogens (tertiary/aromatic N) is 1. The summed E-state index contributed by atoms with van der Waals surface area (Å²) in [4.78, 5) is 16.5. The highest BCUT2D eigenvalue weighted by molar-refractivity contribution is 6.05. The average molecular weight is 347 g/mol. The highest BCUT2D eigenvalue weighted by Gasteiger charge is 2.57. The van der Waals surface area contributed by atoms with E-state index in [1.54, 1.807) is 0 Å². The molecule has 3 aliphatic rings. The first-order valence-electron chi connectivity index (χ1n) is 9.19. The number of quaternary nitrogens is 1. The lowest BCUT2D eigenvalue weighted by Gasteiger charge is -2.41. The van der Waals surface area contributed by atoms with E-state index in [-0.39, 0.29) is 11.3 Å². The lowest BCUT2D eigenvalue weighted by atomic mass is 9.88. The Labute approximate surface area is 148 Å². The molecule has 0 aliphatic carbocycles. The van der Waals surface area contributed by atoms with Crippen molar-refractivity contribution in [1.29, 1.82) is 0 Å². The smallest absolute Gasteiger partial charge is 0.296 e. The maximum Gasteiger partial charge on any atom is 0.296 e. The molecule has 1 spiro atoms. The molecule has 3 heterocycles. The maximum absolute atomic E-state index is 13.3. The zero-order chi connectivity index (χ0) is 17.5. The van der Waals surface area contributed by atoms with Crippen LogP contribution in [0.2, 0.25) is 0 Å². The number of hydrogen-bond acceptors (Lipinski definition) is 4. The fraction of sp³-hybridized carbons (Fsp3) is 0.632. The third-order valence-corrected chi connectivity index (χ3v) is 5.76. The van der Waals surface area contributed by atoms with E-state index in [1.165, 1.54) is 4.90 Å². The molecule has 3 aliphatic heterocycles. The molecule has 6 nitrogen and oxygen atoms in total. The molecule has 0 saturated carbocycles. The number of para-hydroxylation sites is 1. The van der Waals surface area contributed by atoms with E-state index in [0.717, 1.165) is 44.0 Å². The number of hydrogen-bond donors (Lipinski definition) is 1. The van der Waals surface area contributed by atoms with Gasteiger partial charge >= 0.3 is 0 Å². The standard InChI is InChI=1S/C19H26N2O4/c1-3-18(2)12-24-19(25-13-18)15-6-4-5-7-16(15)21(17(19)22)14-20-8-10-23-11-9-20/h4-7H,3,8-14H2,1-2H3/p+1. The van der Waals surface area contributed by atoms with Gasteiger partial charge in [-0.15, -0.1) is 0 Å². The number of amides is 1. The highest BCUT2D eigenvalue weighted by atomic mass is 16.7. The van der Waals surface area contributed by atoms with Crippen molar-refractivity contribution >= 4 is 11.6 Å². The molecule has 0 aromatic heterocycles. The summed E-state index contributed by atoms with van der Waals surface area (Å²) in [5, 5.41) is 0. The molecule has 1 N–H and O–H groups in total. The fourth-order valence-corrected chi connectivity index (χ4v) is 3.71. The van der Waals surface area contributed by atoms with Crippen molar-refractivity contribution in [3.8, 4) is 0 Å². The van der Waals surface area contributed by atoms with E-state index >= 15 is 0 Å². The molecule has 25 heavy (non-hydrogen) atoms. The van der Waals surface area contributed by atoms with E-state index < -0.39 is 5.79 Å². The van der Waals surface area contributed by atoms with Gasteiger partial charge in [-0.3, -0.25) is 9.69 Å². The maximum atomic E-state index is 13.3. The molecule has 0 unspecified atom stereocenters. The number of morpholine rings is 1. The Morgan fingerprint density at radius 3 is 2.52 bits per heavy atom. The Balaban J connectivity index is 1.62. The predicted octanol–water partition coefficient (Wildman–Crippen LogP) is 0.522. The van der Waals surface area contributed by atoms with Crippen LogP contribution in [0.1, 0.15) is 25.8 Å². The third kappa shape index (κ3) is 2.77. The van der Waals surface area contributed by atoms with Crippen LogP contribution in [-0.2, 0) is 24.8 Å². The zero-order valence-corrected chi connectivity index (χ0v) is 15.0. The monoisotopic (exact) mass is 347 g/mol. The van der Waals surface area contributed by atoms with Crippen LogP contribution in [0.15, 0.2) is 24.3 Å². The van der Waals surface area contributed by atoms with Crippen molar-refractivity contribution in [1.82, 2.24) is 0 Å². The van der Waals surface area contributed by atoms with E-state index in [1.807, 2.05) is 29.2 Å². The van der Waals surface area contributed by atoms with Crippen molar-refractivity contribution in [3.63, 3.8) is 0 Å². The van der Waals surface area contributed by atoms with Gasteiger partial charge in [0.25, 0.3) is 11.7 Å². The number of nitrogens with one attached hydrogen (secondary N) is 1. The third-order valence-electron chi connectivity index (χ3n) is 5.76. The summed E-state index contributed by atoms with van der Waals surface area (Å²) in [5.41, 5.74) is 1.71. The molecule has 2 fully saturated rings. The van der Waals surface area contributed by atoms with Gasteiger partial charge in [-0.25, -0.2) is 0 Å². The van der Waals surface area contributed by atoms with Crippen molar-refractivity contribution in [2.45, 2.75) is 26.1 Å². The number of carbonyl (C=O) groups excluding carboxylic acids is 1. The first kappa shape index (κ1) is 17.0.